The van der Waals surface area contributed by atoms with Crippen molar-refractivity contribution < 1.29 is 19.1 Å². The molecule has 1 aromatic rings. The fourth-order valence-electron chi connectivity index (χ4n) is 2.16. The molecule has 0 spiro atoms. The first-order valence-corrected chi connectivity index (χ1v) is 6.35. The van der Waals surface area contributed by atoms with Crippen molar-refractivity contribution in [1.82, 2.24) is 0 Å². The molecule has 1 fully saturated rings. The summed E-state index contributed by atoms with van der Waals surface area (Å²) in [4.78, 5) is 35.3. The largest absolute Gasteiger partial charge is 0.456 e. The summed E-state index contributed by atoms with van der Waals surface area (Å²) in [6.07, 6.45) is -0.326. The summed E-state index contributed by atoms with van der Waals surface area (Å²) in [5.74, 6) is -2.63. The monoisotopic (exact) mass is 260 g/mol. The van der Waals surface area contributed by atoms with Crippen molar-refractivity contribution in [2.75, 3.05) is 0 Å². The van der Waals surface area contributed by atoms with Gasteiger partial charge >= 0.3 is 5.97 Å². The van der Waals surface area contributed by atoms with Gasteiger partial charge in [-0.1, -0.05) is 36.8 Å². The molecule has 0 radical (unpaired) electrons. The minimum Gasteiger partial charge on any atom is -0.456 e. The highest BCUT2D eigenvalue weighted by atomic mass is 16.5. The van der Waals surface area contributed by atoms with Gasteiger partial charge in [0.05, 0.1) is 0 Å². The van der Waals surface area contributed by atoms with E-state index >= 15 is 0 Å². The van der Waals surface area contributed by atoms with E-state index in [2.05, 4.69) is 0 Å². The molecule has 0 bridgehead atoms. The van der Waals surface area contributed by atoms with E-state index in [4.69, 9.17) is 4.74 Å². The molecule has 4 heteroatoms. The lowest BCUT2D eigenvalue weighted by Crippen LogP contribution is -2.39. The standard InChI is InChI=1S/C15H16O4/c1-3-11(16)14-12(17)8-13(19-15(14)18)10-6-4-9(2)5-7-10/h4-7,13-14H,3,8H2,1-2H3. The number of rotatable bonds is 3. The third-order valence-electron chi connectivity index (χ3n) is 3.32. The van der Waals surface area contributed by atoms with E-state index in [1.165, 1.54) is 0 Å². The van der Waals surface area contributed by atoms with Gasteiger partial charge in [-0.15, -0.1) is 0 Å². The third-order valence-corrected chi connectivity index (χ3v) is 3.32. The van der Waals surface area contributed by atoms with Gasteiger partial charge in [0.25, 0.3) is 0 Å². The summed E-state index contributed by atoms with van der Waals surface area (Å²) in [7, 11) is 0. The van der Waals surface area contributed by atoms with E-state index < -0.39 is 18.0 Å². The number of cyclic esters (lactones) is 1. The maximum Gasteiger partial charge on any atom is 0.324 e. The number of aryl methyl sites for hydroxylation is 1. The number of Topliss-reactive ketones (excluding diaryl/α,β-unsaturated/α-hetero) is 2. The first kappa shape index (κ1) is 13.5. The Morgan fingerprint density at radius 2 is 1.89 bits per heavy atom. The Morgan fingerprint density at radius 3 is 2.42 bits per heavy atom. The van der Waals surface area contributed by atoms with Gasteiger partial charge in [0.1, 0.15) is 6.10 Å². The molecule has 0 amide bonds. The van der Waals surface area contributed by atoms with Crippen molar-refractivity contribution in [3.05, 3.63) is 35.4 Å². The van der Waals surface area contributed by atoms with Gasteiger partial charge in [-0.05, 0) is 12.5 Å². The molecule has 1 aliphatic rings. The highest BCUT2D eigenvalue weighted by molar-refractivity contribution is 6.18. The zero-order valence-corrected chi connectivity index (χ0v) is 11.0. The molecule has 0 saturated carbocycles. The lowest BCUT2D eigenvalue weighted by molar-refractivity contribution is -0.167. The number of ketones is 2. The van der Waals surface area contributed by atoms with Gasteiger partial charge in [-0.25, -0.2) is 0 Å². The molecule has 2 rings (SSSR count). The van der Waals surface area contributed by atoms with Gasteiger partial charge in [-0.3, -0.25) is 14.4 Å². The van der Waals surface area contributed by atoms with Crippen LogP contribution < -0.4 is 0 Å². The Bertz CT molecular complexity index is 497. The quantitative estimate of drug-likeness (QED) is 0.617. The van der Waals surface area contributed by atoms with E-state index in [-0.39, 0.29) is 24.4 Å². The fourth-order valence-corrected chi connectivity index (χ4v) is 2.16. The first-order valence-electron chi connectivity index (χ1n) is 6.35. The van der Waals surface area contributed by atoms with Crippen LogP contribution in [0.5, 0.6) is 0 Å². The Morgan fingerprint density at radius 1 is 1.26 bits per heavy atom. The summed E-state index contributed by atoms with van der Waals surface area (Å²) in [6, 6.07) is 7.47. The number of hydrogen-bond acceptors (Lipinski definition) is 4. The number of benzene rings is 1. The highest BCUT2D eigenvalue weighted by Gasteiger charge is 2.41. The summed E-state index contributed by atoms with van der Waals surface area (Å²) >= 11 is 0. The fraction of sp³-hybridized carbons (Fsp3) is 0.400. The molecule has 2 unspecified atom stereocenters. The van der Waals surface area contributed by atoms with Gasteiger partial charge in [0.15, 0.2) is 17.5 Å². The molecule has 0 aromatic heterocycles. The Labute approximate surface area is 111 Å². The van der Waals surface area contributed by atoms with E-state index in [0.29, 0.717) is 0 Å². The molecule has 1 heterocycles. The molecule has 100 valence electrons. The van der Waals surface area contributed by atoms with Gasteiger partial charge < -0.3 is 4.74 Å². The van der Waals surface area contributed by atoms with Crippen LogP contribution in [-0.4, -0.2) is 17.5 Å². The second-order valence-corrected chi connectivity index (χ2v) is 4.76. The number of esters is 1. The van der Waals surface area contributed by atoms with E-state index in [0.717, 1.165) is 11.1 Å². The second kappa shape index (κ2) is 5.34. The summed E-state index contributed by atoms with van der Waals surface area (Å²) in [5.41, 5.74) is 1.88. The summed E-state index contributed by atoms with van der Waals surface area (Å²) < 4.78 is 5.24. The van der Waals surface area contributed by atoms with Crippen LogP contribution in [0.3, 0.4) is 0 Å². The lowest BCUT2D eigenvalue weighted by atomic mass is 9.89. The molecule has 1 aromatic carbocycles. The van der Waals surface area contributed by atoms with Gasteiger partial charge in [0, 0.05) is 12.8 Å². The number of ether oxygens (including phenoxy) is 1. The average molecular weight is 260 g/mol. The minimum absolute atomic E-state index is 0.0746. The molecule has 19 heavy (non-hydrogen) atoms. The van der Waals surface area contributed by atoms with Crippen LogP contribution in [0.2, 0.25) is 0 Å². The van der Waals surface area contributed by atoms with E-state index in [1.54, 1.807) is 6.92 Å². The molecule has 0 N–H and O–H groups in total. The Kier molecular flexibility index (Phi) is 3.79. The topological polar surface area (TPSA) is 60.4 Å². The van der Waals surface area contributed by atoms with Gasteiger partial charge in [-0.2, -0.15) is 0 Å². The SMILES string of the molecule is CCC(=O)C1C(=O)CC(c2ccc(C)cc2)OC1=O. The molecule has 0 aliphatic carbocycles. The lowest BCUT2D eigenvalue weighted by Gasteiger charge is -2.26. The smallest absolute Gasteiger partial charge is 0.324 e. The van der Waals surface area contributed by atoms with Crippen LogP contribution in [0.4, 0.5) is 0 Å². The second-order valence-electron chi connectivity index (χ2n) is 4.76. The average Bonchev–Trinajstić information content (AvgIpc) is 2.38. The van der Waals surface area contributed by atoms with Crippen molar-refractivity contribution >= 4 is 17.5 Å². The normalized spacial score (nSPS) is 23.1. The molecular weight excluding hydrogens is 244 g/mol. The van der Waals surface area contributed by atoms with E-state index in [1.807, 2.05) is 31.2 Å². The predicted molar refractivity (Wildman–Crippen MR) is 68.4 cm³/mol. The van der Waals surface area contributed by atoms with E-state index in [9.17, 15) is 14.4 Å². The molecule has 1 aliphatic heterocycles. The van der Waals surface area contributed by atoms with Crippen LogP contribution >= 0.6 is 0 Å². The zero-order valence-electron chi connectivity index (χ0n) is 11.0. The van der Waals surface area contributed by atoms with Crippen molar-refractivity contribution in [1.29, 1.82) is 0 Å². The predicted octanol–water partition coefficient (Wildman–Crippen LogP) is 2.15. The van der Waals surface area contributed by atoms with Crippen LogP contribution in [0.1, 0.15) is 37.0 Å². The van der Waals surface area contributed by atoms with Crippen LogP contribution in [0, 0.1) is 12.8 Å². The molecule has 4 nitrogen and oxygen atoms in total. The van der Waals surface area contributed by atoms with Crippen LogP contribution in [0.15, 0.2) is 24.3 Å². The summed E-state index contributed by atoms with van der Waals surface area (Å²) in [6.45, 7) is 3.59. The van der Waals surface area contributed by atoms with Crippen molar-refractivity contribution in [3.63, 3.8) is 0 Å². The minimum atomic E-state index is -1.22. The number of hydrogen-bond donors (Lipinski definition) is 0. The first-order chi connectivity index (χ1) is 9.02. The van der Waals surface area contributed by atoms with Gasteiger partial charge in [0.2, 0.25) is 0 Å². The number of carbonyl (C=O) groups excluding carboxylic acids is 3. The van der Waals surface area contributed by atoms with Crippen LogP contribution in [0.25, 0.3) is 0 Å². The molecule has 2 atom stereocenters. The zero-order chi connectivity index (χ0) is 14.0. The van der Waals surface area contributed by atoms with Crippen molar-refractivity contribution in [2.45, 2.75) is 32.8 Å². The highest BCUT2D eigenvalue weighted by Crippen LogP contribution is 2.30. The Balaban J connectivity index is 2.18. The van der Waals surface area contributed by atoms with Crippen molar-refractivity contribution in [3.8, 4) is 0 Å². The maximum atomic E-state index is 11.9. The third kappa shape index (κ3) is 2.72. The summed E-state index contributed by atoms with van der Waals surface area (Å²) in [5, 5.41) is 0. The molecular formula is C15H16O4. The van der Waals surface area contributed by atoms with Crippen LogP contribution in [-0.2, 0) is 19.1 Å². The Hall–Kier alpha value is -1.97. The number of carbonyl (C=O) groups is 3. The molecule has 1 saturated heterocycles. The maximum absolute atomic E-state index is 11.9. The van der Waals surface area contributed by atoms with Crippen molar-refractivity contribution in [2.24, 2.45) is 5.92 Å².